The van der Waals surface area contributed by atoms with Crippen molar-refractivity contribution in [2.24, 2.45) is 11.7 Å². The quantitative estimate of drug-likeness (QED) is 0.794. The van der Waals surface area contributed by atoms with E-state index in [1.54, 1.807) is 0 Å². The number of carbonyl (C=O) groups excluding carboxylic acids is 1. The molecule has 0 aliphatic rings. The summed E-state index contributed by atoms with van der Waals surface area (Å²) in [6.45, 7) is 6.90. The number of carbonyl (C=O) groups is 1. The fourth-order valence-corrected chi connectivity index (χ4v) is 2.16. The monoisotopic (exact) mass is 262 g/mol. The van der Waals surface area contributed by atoms with E-state index in [0.29, 0.717) is 18.0 Å². The number of hydrogen-bond donors (Lipinski definition) is 2. The summed E-state index contributed by atoms with van der Waals surface area (Å²) < 4.78 is 0. The van der Waals surface area contributed by atoms with Crippen molar-refractivity contribution in [1.29, 1.82) is 0 Å². The molecular formula is C16H26N2O. The smallest absolute Gasteiger partial charge is 0.251 e. The van der Waals surface area contributed by atoms with Gasteiger partial charge in [0.05, 0.1) is 0 Å². The van der Waals surface area contributed by atoms with E-state index >= 15 is 0 Å². The van der Waals surface area contributed by atoms with Crippen LogP contribution in [-0.2, 0) is 6.42 Å². The third-order valence-electron chi connectivity index (χ3n) is 3.13. The standard InChI is InChI=1S/C16H26N2O/c1-4-5-13-6-8-14(9-7-13)16(19)18-15(11-17)10-12(2)3/h6-9,12,15H,4-5,10-11,17H2,1-3H3,(H,18,19). The number of hydrogen-bond acceptors (Lipinski definition) is 2. The molecule has 1 amide bonds. The summed E-state index contributed by atoms with van der Waals surface area (Å²) in [5.74, 6) is 0.500. The Morgan fingerprint density at radius 2 is 1.89 bits per heavy atom. The topological polar surface area (TPSA) is 55.1 Å². The lowest BCUT2D eigenvalue weighted by Crippen LogP contribution is -2.41. The molecule has 0 saturated carbocycles. The molecule has 0 saturated heterocycles. The zero-order chi connectivity index (χ0) is 14.3. The van der Waals surface area contributed by atoms with E-state index in [1.807, 2.05) is 24.3 Å². The van der Waals surface area contributed by atoms with E-state index < -0.39 is 0 Å². The van der Waals surface area contributed by atoms with Crippen LogP contribution in [0.5, 0.6) is 0 Å². The molecule has 1 atom stereocenters. The van der Waals surface area contributed by atoms with Crippen molar-refractivity contribution in [3.8, 4) is 0 Å². The van der Waals surface area contributed by atoms with Gasteiger partial charge in [0.2, 0.25) is 0 Å². The van der Waals surface area contributed by atoms with E-state index in [9.17, 15) is 4.79 Å². The maximum atomic E-state index is 12.1. The Labute approximate surface area is 116 Å². The molecule has 106 valence electrons. The first-order chi connectivity index (χ1) is 9.06. The molecule has 19 heavy (non-hydrogen) atoms. The number of nitrogens with one attached hydrogen (secondary N) is 1. The van der Waals surface area contributed by atoms with Crippen molar-refractivity contribution in [3.05, 3.63) is 35.4 Å². The Balaban J connectivity index is 2.61. The summed E-state index contributed by atoms with van der Waals surface area (Å²) >= 11 is 0. The highest BCUT2D eigenvalue weighted by atomic mass is 16.1. The van der Waals surface area contributed by atoms with Crippen LogP contribution in [0.25, 0.3) is 0 Å². The SMILES string of the molecule is CCCc1ccc(C(=O)NC(CN)CC(C)C)cc1. The van der Waals surface area contributed by atoms with E-state index in [1.165, 1.54) is 5.56 Å². The molecule has 3 nitrogen and oxygen atoms in total. The lowest BCUT2D eigenvalue weighted by Gasteiger charge is -2.18. The highest BCUT2D eigenvalue weighted by Crippen LogP contribution is 2.08. The van der Waals surface area contributed by atoms with Crippen LogP contribution in [-0.4, -0.2) is 18.5 Å². The third kappa shape index (κ3) is 5.43. The second-order valence-electron chi connectivity index (χ2n) is 5.48. The van der Waals surface area contributed by atoms with Gasteiger partial charge in [-0.1, -0.05) is 39.3 Å². The Morgan fingerprint density at radius 1 is 1.26 bits per heavy atom. The van der Waals surface area contributed by atoms with Crippen molar-refractivity contribution >= 4 is 5.91 Å². The van der Waals surface area contributed by atoms with Gasteiger partial charge in [0.15, 0.2) is 0 Å². The van der Waals surface area contributed by atoms with Gasteiger partial charge in [0.1, 0.15) is 0 Å². The predicted molar refractivity (Wildman–Crippen MR) is 80.2 cm³/mol. The average molecular weight is 262 g/mol. The molecular weight excluding hydrogens is 236 g/mol. The summed E-state index contributed by atoms with van der Waals surface area (Å²) in [6.07, 6.45) is 3.09. The van der Waals surface area contributed by atoms with Crippen LogP contribution < -0.4 is 11.1 Å². The Kier molecular flexibility index (Phi) is 6.57. The molecule has 1 aromatic carbocycles. The molecule has 0 heterocycles. The molecule has 0 aliphatic carbocycles. The molecule has 0 aromatic heterocycles. The van der Waals surface area contributed by atoms with Crippen molar-refractivity contribution < 1.29 is 4.79 Å². The molecule has 1 unspecified atom stereocenters. The minimum Gasteiger partial charge on any atom is -0.348 e. The molecule has 1 rings (SSSR count). The lowest BCUT2D eigenvalue weighted by atomic mass is 10.0. The van der Waals surface area contributed by atoms with Crippen molar-refractivity contribution in [1.82, 2.24) is 5.32 Å². The molecule has 0 fully saturated rings. The van der Waals surface area contributed by atoms with Crippen LogP contribution >= 0.6 is 0 Å². The van der Waals surface area contributed by atoms with Crippen LogP contribution in [0.2, 0.25) is 0 Å². The summed E-state index contributed by atoms with van der Waals surface area (Å²) in [4.78, 5) is 12.1. The maximum Gasteiger partial charge on any atom is 0.251 e. The normalized spacial score (nSPS) is 12.5. The van der Waals surface area contributed by atoms with Crippen LogP contribution in [0, 0.1) is 5.92 Å². The zero-order valence-corrected chi connectivity index (χ0v) is 12.3. The fraction of sp³-hybridized carbons (Fsp3) is 0.562. The summed E-state index contributed by atoms with van der Waals surface area (Å²) in [5, 5.41) is 3.00. The van der Waals surface area contributed by atoms with Gasteiger partial charge in [0, 0.05) is 18.2 Å². The molecule has 0 spiro atoms. The minimum absolute atomic E-state index is 0.0286. The highest BCUT2D eigenvalue weighted by molar-refractivity contribution is 5.94. The van der Waals surface area contributed by atoms with Gasteiger partial charge in [-0.25, -0.2) is 0 Å². The lowest BCUT2D eigenvalue weighted by molar-refractivity contribution is 0.0934. The minimum atomic E-state index is -0.0286. The van der Waals surface area contributed by atoms with Gasteiger partial charge >= 0.3 is 0 Å². The summed E-state index contributed by atoms with van der Waals surface area (Å²) in [7, 11) is 0. The molecule has 1 aromatic rings. The van der Waals surface area contributed by atoms with Gasteiger partial charge in [0.25, 0.3) is 5.91 Å². The number of aryl methyl sites for hydroxylation is 1. The van der Waals surface area contributed by atoms with Crippen molar-refractivity contribution in [2.75, 3.05) is 6.54 Å². The summed E-state index contributed by atoms with van der Waals surface area (Å²) in [5.41, 5.74) is 7.68. The van der Waals surface area contributed by atoms with Crippen LogP contribution in [0.4, 0.5) is 0 Å². The Morgan fingerprint density at radius 3 is 2.37 bits per heavy atom. The summed E-state index contributed by atoms with van der Waals surface area (Å²) in [6, 6.07) is 7.89. The van der Waals surface area contributed by atoms with Gasteiger partial charge in [-0.05, 0) is 36.5 Å². The Bertz CT molecular complexity index is 384. The van der Waals surface area contributed by atoms with Gasteiger partial charge in [-0.15, -0.1) is 0 Å². The van der Waals surface area contributed by atoms with Gasteiger partial charge in [-0.3, -0.25) is 4.79 Å². The van der Waals surface area contributed by atoms with Crippen LogP contribution in [0.3, 0.4) is 0 Å². The van der Waals surface area contributed by atoms with Gasteiger partial charge < -0.3 is 11.1 Å². The van der Waals surface area contributed by atoms with E-state index in [2.05, 4.69) is 26.1 Å². The number of amides is 1. The number of rotatable bonds is 7. The van der Waals surface area contributed by atoms with Crippen molar-refractivity contribution in [3.63, 3.8) is 0 Å². The zero-order valence-electron chi connectivity index (χ0n) is 12.3. The number of benzene rings is 1. The first-order valence-corrected chi connectivity index (χ1v) is 7.16. The third-order valence-corrected chi connectivity index (χ3v) is 3.13. The number of nitrogens with two attached hydrogens (primary N) is 1. The molecule has 0 aliphatic heterocycles. The second-order valence-corrected chi connectivity index (χ2v) is 5.48. The van der Waals surface area contributed by atoms with Gasteiger partial charge in [-0.2, -0.15) is 0 Å². The largest absolute Gasteiger partial charge is 0.348 e. The first kappa shape index (κ1) is 15.7. The van der Waals surface area contributed by atoms with Crippen LogP contribution in [0.1, 0.15) is 49.5 Å². The van der Waals surface area contributed by atoms with E-state index in [0.717, 1.165) is 19.3 Å². The average Bonchev–Trinajstić information content (AvgIpc) is 2.38. The van der Waals surface area contributed by atoms with Crippen molar-refractivity contribution in [2.45, 2.75) is 46.1 Å². The Hall–Kier alpha value is -1.35. The molecule has 0 radical (unpaired) electrons. The molecule has 3 heteroatoms. The molecule has 0 bridgehead atoms. The van der Waals surface area contributed by atoms with E-state index in [4.69, 9.17) is 5.73 Å². The van der Waals surface area contributed by atoms with E-state index in [-0.39, 0.29) is 11.9 Å². The van der Waals surface area contributed by atoms with Crippen LogP contribution in [0.15, 0.2) is 24.3 Å². The highest BCUT2D eigenvalue weighted by Gasteiger charge is 2.13. The second kappa shape index (κ2) is 7.95. The molecule has 3 N–H and O–H groups in total. The maximum absolute atomic E-state index is 12.1. The first-order valence-electron chi connectivity index (χ1n) is 7.16. The predicted octanol–water partition coefficient (Wildman–Crippen LogP) is 2.74. The fourth-order valence-electron chi connectivity index (χ4n) is 2.16.